The fourth-order valence-electron chi connectivity index (χ4n) is 2.25. The summed E-state index contributed by atoms with van der Waals surface area (Å²) in [5.41, 5.74) is 0. The van der Waals surface area contributed by atoms with E-state index in [1.807, 2.05) is 0 Å². The van der Waals surface area contributed by atoms with Gasteiger partial charge in [0.1, 0.15) is 5.15 Å². The van der Waals surface area contributed by atoms with Crippen LogP contribution >= 0.6 is 23.2 Å². The number of hydrogen-bond acceptors (Lipinski definition) is 4. The van der Waals surface area contributed by atoms with Gasteiger partial charge in [-0.25, -0.2) is 13.4 Å². The van der Waals surface area contributed by atoms with E-state index in [4.69, 9.17) is 27.9 Å². The SMILES string of the molecule is O=S(=O)(c1ccc2c(Cl)cnc(Cl)c2c1)N1CCOCC1. The third-order valence-electron chi connectivity index (χ3n) is 3.37. The van der Waals surface area contributed by atoms with Gasteiger partial charge in [-0.15, -0.1) is 0 Å². The van der Waals surface area contributed by atoms with Crippen LogP contribution in [0.5, 0.6) is 0 Å². The summed E-state index contributed by atoms with van der Waals surface area (Å²) in [5, 5.41) is 1.87. The third kappa shape index (κ3) is 2.74. The van der Waals surface area contributed by atoms with Gasteiger partial charge in [-0.2, -0.15) is 4.31 Å². The number of ether oxygens (including phenoxy) is 1. The van der Waals surface area contributed by atoms with Crippen LogP contribution < -0.4 is 0 Å². The number of sulfonamides is 1. The van der Waals surface area contributed by atoms with Crippen molar-refractivity contribution < 1.29 is 13.2 Å². The number of hydrogen-bond donors (Lipinski definition) is 0. The summed E-state index contributed by atoms with van der Waals surface area (Å²) in [6.07, 6.45) is 1.45. The van der Waals surface area contributed by atoms with Crippen molar-refractivity contribution in [3.8, 4) is 0 Å². The molecule has 0 saturated carbocycles. The van der Waals surface area contributed by atoms with Crippen molar-refractivity contribution in [1.29, 1.82) is 0 Å². The molecule has 8 heteroatoms. The maximum atomic E-state index is 12.6. The third-order valence-corrected chi connectivity index (χ3v) is 5.87. The molecule has 0 radical (unpaired) electrons. The fourth-order valence-corrected chi connectivity index (χ4v) is 4.10. The Labute approximate surface area is 132 Å². The molecule has 1 aromatic heterocycles. The zero-order chi connectivity index (χ0) is 15.0. The summed E-state index contributed by atoms with van der Waals surface area (Å²) < 4.78 is 31.8. The first-order chi connectivity index (χ1) is 10.00. The highest BCUT2D eigenvalue weighted by Gasteiger charge is 2.26. The Morgan fingerprint density at radius 2 is 1.86 bits per heavy atom. The predicted molar refractivity (Wildman–Crippen MR) is 81.3 cm³/mol. The first kappa shape index (κ1) is 15.0. The van der Waals surface area contributed by atoms with Crippen LogP contribution in [0.2, 0.25) is 10.2 Å². The average molecular weight is 347 g/mol. The Morgan fingerprint density at radius 1 is 1.14 bits per heavy atom. The van der Waals surface area contributed by atoms with Gasteiger partial charge >= 0.3 is 0 Å². The lowest BCUT2D eigenvalue weighted by Gasteiger charge is -2.26. The molecule has 5 nitrogen and oxygen atoms in total. The molecule has 0 amide bonds. The van der Waals surface area contributed by atoms with Crippen LogP contribution in [0.1, 0.15) is 0 Å². The van der Waals surface area contributed by atoms with Crippen molar-refractivity contribution in [2.75, 3.05) is 26.3 Å². The van der Waals surface area contributed by atoms with Crippen LogP contribution in [-0.2, 0) is 14.8 Å². The molecule has 1 aromatic carbocycles. The van der Waals surface area contributed by atoms with Crippen LogP contribution in [0.25, 0.3) is 10.8 Å². The molecule has 0 N–H and O–H groups in total. The topological polar surface area (TPSA) is 59.5 Å². The summed E-state index contributed by atoms with van der Waals surface area (Å²) in [6, 6.07) is 4.70. The summed E-state index contributed by atoms with van der Waals surface area (Å²) in [6.45, 7) is 1.51. The van der Waals surface area contributed by atoms with E-state index in [0.29, 0.717) is 42.1 Å². The van der Waals surface area contributed by atoms with Crippen LogP contribution in [-0.4, -0.2) is 44.0 Å². The lowest BCUT2D eigenvalue weighted by Crippen LogP contribution is -2.40. The molecule has 1 aliphatic heterocycles. The summed E-state index contributed by atoms with van der Waals surface area (Å²) in [5.74, 6) is 0. The van der Waals surface area contributed by atoms with Gasteiger partial charge in [-0.1, -0.05) is 29.3 Å². The lowest BCUT2D eigenvalue weighted by atomic mass is 10.2. The molecule has 1 saturated heterocycles. The second kappa shape index (κ2) is 5.70. The second-order valence-corrected chi connectivity index (χ2v) is 7.32. The Kier molecular flexibility index (Phi) is 4.07. The second-order valence-electron chi connectivity index (χ2n) is 4.62. The molecule has 1 fully saturated rings. The smallest absolute Gasteiger partial charge is 0.243 e. The first-order valence-electron chi connectivity index (χ1n) is 6.32. The van der Waals surface area contributed by atoms with Gasteiger partial charge in [-0.05, 0) is 12.1 Å². The Morgan fingerprint density at radius 3 is 2.57 bits per heavy atom. The molecule has 112 valence electrons. The quantitative estimate of drug-likeness (QED) is 0.784. The minimum Gasteiger partial charge on any atom is -0.379 e. The molecule has 0 unspecified atom stereocenters. The summed E-state index contributed by atoms with van der Waals surface area (Å²) >= 11 is 12.1. The number of morpholine rings is 1. The molecule has 1 aliphatic rings. The Balaban J connectivity index is 2.10. The van der Waals surface area contributed by atoms with Crippen molar-refractivity contribution in [3.63, 3.8) is 0 Å². The van der Waals surface area contributed by atoms with Gasteiger partial charge in [0, 0.05) is 30.1 Å². The average Bonchev–Trinajstić information content (AvgIpc) is 2.51. The summed E-state index contributed by atoms with van der Waals surface area (Å²) in [7, 11) is -3.56. The number of aromatic nitrogens is 1. The van der Waals surface area contributed by atoms with E-state index in [1.54, 1.807) is 6.07 Å². The van der Waals surface area contributed by atoms with Gasteiger partial charge in [0.25, 0.3) is 0 Å². The molecular weight excluding hydrogens is 335 g/mol. The molecule has 21 heavy (non-hydrogen) atoms. The van der Waals surface area contributed by atoms with Crippen LogP contribution in [0.15, 0.2) is 29.3 Å². The van der Waals surface area contributed by atoms with Gasteiger partial charge in [-0.3, -0.25) is 0 Å². The van der Waals surface area contributed by atoms with Crippen LogP contribution in [0.3, 0.4) is 0 Å². The maximum absolute atomic E-state index is 12.6. The van der Waals surface area contributed by atoms with E-state index in [-0.39, 0.29) is 10.0 Å². The number of benzene rings is 1. The fraction of sp³-hybridized carbons (Fsp3) is 0.308. The lowest BCUT2D eigenvalue weighted by molar-refractivity contribution is 0.0730. The van der Waals surface area contributed by atoms with E-state index >= 15 is 0 Å². The number of halogens is 2. The number of nitrogens with zero attached hydrogens (tertiary/aromatic N) is 2. The zero-order valence-corrected chi connectivity index (χ0v) is 13.2. The molecule has 0 aliphatic carbocycles. The standard InChI is InChI=1S/C13H12Cl2N2O3S/c14-12-8-16-13(15)11-7-9(1-2-10(11)12)21(18,19)17-3-5-20-6-4-17/h1-2,7-8H,3-6H2. The molecule has 2 aromatic rings. The Bertz CT molecular complexity index is 789. The van der Waals surface area contributed by atoms with E-state index in [1.165, 1.54) is 22.6 Å². The van der Waals surface area contributed by atoms with Crippen molar-refractivity contribution in [3.05, 3.63) is 34.6 Å². The molecule has 2 heterocycles. The van der Waals surface area contributed by atoms with E-state index in [2.05, 4.69) is 4.98 Å². The van der Waals surface area contributed by atoms with Crippen molar-refractivity contribution in [2.45, 2.75) is 4.90 Å². The molecule has 0 atom stereocenters. The highest BCUT2D eigenvalue weighted by molar-refractivity contribution is 7.89. The zero-order valence-electron chi connectivity index (χ0n) is 10.9. The van der Waals surface area contributed by atoms with Gasteiger partial charge < -0.3 is 4.74 Å². The van der Waals surface area contributed by atoms with Crippen molar-refractivity contribution in [2.24, 2.45) is 0 Å². The van der Waals surface area contributed by atoms with Crippen molar-refractivity contribution in [1.82, 2.24) is 9.29 Å². The highest BCUT2D eigenvalue weighted by atomic mass is 35.5. The normalized spacial score (nSPS) is 17.2. The molecule has 0 spiro atoms. The van der Waals surface area contributed by atoms with Crippen LogP contribution in [0.4, 0.5) is 0 Å². The van der Waals surface area contributed by atoms with Crippen molar-refractivity contribution >= 4 is 44.0 Å². The Hall–Kier alpha value is -0.920. The van der Waals surface area contributed by atoms with Gasteiger partial charge in [0.15, 0.2) is 0 Å². The van der Waals surface area contributed by atoms with Crippen LogP contribution in [0, 0.1) is 0 Å². The van der Waals surface area contributed by atoms with Gasteiger partial charge in [0.05, 0.1) is 23.1 Å². The highest BCUT2D eigenvalue weighted by Crippen LogP contribution is 2.30. The predicted octanol–water partition coefficient (Wildman–Crippen LogP) is 2.56. The minimum absolute atomic E-state index is 0.183. The molecule has 3 rings (SSSR count). The van der Waals surface area contributed by atoms with E-state index in [9.17, 15) is 8.42 Å². The number of rotatable bonds is 2. The number of pyridine rings is 1. The van der Waals surface area contributed by atoms with E-state index < -0.39 is 10.0 Å². The van der Waals surface area contributed by atoms with Gasteiger partial charge in [0.2, 0.25) is 10.0 Å². The maximum Gasteiger partial charge on any atom is 0.243 e. The number of fused-ring (bicyclic) bond motifs is 1. The first-order valence-corrected chi connectivity index (χ1v) is 8.51. The minimum atomic E-state index is -3.56. The largest absolute Gasteiger partial charge is 0.379 e. The summed E-state index contributed by atoms with van der Waals surface area (Å²) in [4.78, 5) is 4.13. The molecule has 0 bridgehead atoms. The van der Waals surface area contributed by atoms with E-state index in [0.717, 1.165) is 0 Å². The monoisotopic (exact) mass is 346 g/mol. The molecular formula is C13H12Cl2N2O3S.